The lowest BCUT2D eigenvalue weighted by Gasteiger charge is -2.14. The molecule has 3 aromatic rings. The molecule has 0 aliphatic carbocycles. The first-order chi connectivity index (χ1) is 13.6. The van der Waals surface area contributed by atoms with Crippen molar-refractivity contribution in [1.82, 2.24) is 8.87 Å². The first kappa shape index (κ1) is 19.7. The van der Waals surface area contributed by atoms with Gasteiger partial charge >= 0.3 is 6.18 Å². The number of alkyl halides is 3. The smallest absolute Gasteiger partial charge is 0.419 e. The number of likely N-dealkylation sites (N-methyl/N-ethyl adjacent to an activating group) is 1. The summed E-state index contributed by atoms with van der Waals surface area (Å²) in [5, 5.41) is 0.623. The maximum Gasteiger partial charge on any atom is 0.419 e. The Hall–Kier alpha value is -2.59. The lowest BCUT2D eigenvalue weighted by molar-refractivity contribution is -0.140. The maximum atomic E-state index is 13.6. The van der Waals surface area contributed by atoms with Gasteiger partial charge in [-0.15, -0.1) is 0 Å². The fourth-order valence-electron chi connectivity index (χ4n) is 3.40. The number of nitrogens with zero attached hydrogens (tertiary/aromatic N) is 2. The summed E-state index contributed by atoms with van der Waals surface area (Å²) in [6, 6.07) is 6.43. The minimum atomic E-state index is -5.01. The molecule has 10 heteroatoms. The van der Waals surface area contributed by atoms with Crippen molar-refractivity contribution in [2.75, 3.05) is 20.2 Å². The average molecular weight is 428 g/mol. The van der Waals surface area contributed by atoms with Crippen molar-refractivity contribution in [3.05, 3.63) is 59.5 Å². The molecule has 2 aromatic carbocycles. The molecule has 0 bridgehead atoms. The topological polar surface area (TPSA) is 51.5 Å². The van der Waals surface area contributed by atoms with Crippen molar-refractivity contribution in [1.29, 1.82) is 0 Å². The van der Waals surface area contributed by atoms with Crippen molar-refractivity contribution in [2.24, 2.45) is 0 Å². The molecule has 0 fully saturated rings. The number of fused-ring (bicyclic) bond motifs is 3. The predicted molar refractivity (Wildman–Crippen MR) is 97.8 cm³/mol. The zero-order valence-electron chi connectivity index (χ0n) is 15.2. The largest absolute Gasteiger partial charge is 0.492 e. The van der Waals surface area contributed by atoms with Crippen LogP contribution in [0, 0.1) is 5.82 Å². The summed E-state index contributed by atoms with van der Waals surface area (Å²) in [6.07, 6.45) is -3.73. The molecule has 0 unspecified atom stereocenters. The van der Waals surface area contributed by atoms with Gasteiger partial charge < -0.3 is 4.74 Å². The van der Waals surface area contributed by atoms with E-state index in [9.17, 15) is 26.0 Å². The van der Waals surface area contributed by atoms with Crippen LogP contribution < -0.4 is 4.74 Å². The fraction of sp³-hybridized carbons (Fsp3) is 0.263. The predicted octanol–water partition coefficient (Wildman–Crippen LogP) is 3.86. The third kappa shape index (κ3) is 3.36. The Kier molecular flexibility index (Phi) is 4.58. The molecular weight excluding hydrogens is 412 g/mol. The van der Waals surface area contributed by atoms with Crippen LogP contribution in [0.1, 0.15) is 11.1 Å². The SMILES string of the molecule is CN1CCOc2ccc3c(ccn3S(=O)(=O)c3ccc(F)c(C(F)(F)F)c3)c2C1. The second kappa shape index (κ2) is 6.74. The molecule has 1 aromatic heterocycles. The van der Waals surface area contributed by atoms with Crippen molar-refractivity contribution >= 4 is 20.9 Å². The number of rotatable bonds is 2. The van der Waals surface area contributed by atoms with Gasteiger partial charge in [-0.25, -0.2) is 16.8 Å². The molecule has 0 saturated heterocycles. The van der Waals surface area contributed by atoms with Gasteiger partial charge in [0.2, 0.25) is 0 Å². The van der Waals surface area contributed by atoms with Gasteiger partial charge in [-0.3, -0.25) is 4.90 Å². The van der Waals surface area contributed by atoms with Crippen LogP contribution in [-0.4, -0.2) is 37.5 Å². The summed E-state index contributed by atoms with van der Waals surface area (Å²) >= 11 is 0. The van der Waals surface area contributed by atoms with E-state index in [0.717, 1.165) is 15.6 Å². The third-order valence-electron chi connectivity index (χ3n) is 4.86. The first-order valence-corrected chi connectivity index (χ1v) is 10.1. The van der Waals surface area contributed by atoms with Gasteiger partial charge in [0.05, 0.1) is 16.0 Å². The number of aromatic nitrogens is 1. The van der Waals surface area contributed by atoms with Crippen LogP contribution in [0.4, 0.5) is 17.6 Å². The first-order valence-electron chi connectivity index (χ1n) is 8.65. The third-order valence-corrected chi connectivity index (χ3v) is 6.55. The molecule has 0 radical (unpaired) electrons. The Bertz CT molecular complexity index is 1200. The zero-order valence-corrected chi connectivity index (χ0v) is 16.0. The van der Waals surface area contributed by atoms with E-state index in [4.69, 9.17) is 4.74 Å². The summed E-state index contributed by atoms with van der Waals surface area (Å²) in [6.45, 7) is 1.72. The van der Waals surface area contributed by atoms with Gasteiger partial charge in [-0.05, 0) is 43.4 Å². The molecule has 5 nitrogen and oxygen atoms in total. The normalized spacial score (nSPS) is 15.8. The van der Waals surface area contributed by atoms with E-state index in [1.54, 1.807) is 18.2 Å². The summed E-state index contributed by atoms with van der Waals surface area (Å²) in [7, 11) is -2.47. The standard InChI is InChI=1S/C19H16F4N2O3S/c1-24-8-9-28-18-5-4-17-13(14(18)11-24)6-7-25(17)29(26,27)12-2-3-16(20)15(10-12)19(21,22)23/h2-7,10H,8-9,11H2,1H3. The van der Waals surface area contributed by atoms with Gasteiger partial charge in [-0.1, -0.05) is 0 Å². The quantitative estimate of drug-likeness (QED) is 0.582. The highest BCUT2D eigenvalue weighted by Gasteiger charge is 2.35. The molecule has 0 spiro atoms. The highest BCUT2D eigenvalue weighted by molar-refractivity contribution is 7.90. The molecule has 154 valence electrons. The second-order valence-corrected chi connectivity index (χ2v) is 8.63. The van der Waals surface area contributed by atoms with Gasteiger partial charge in [0.15, 0.2) is 0 Å². The lowest BCUT2D eigenvalue weighted by atomic mass is 10.1. The Labute approximate surface area is 164 Å². The number of benzene rings is 2. The van der Waals surface area contributed by atoms with E-state index in [1.807, 2.05) is 11.9 Å². The van der Waals surface area contributed by atoms with Gasteiger partial charge in [0.1, 0.15) is 18.2 Å². The number of hydrogen-bond acceptors (Lipinski definition) is 4. The zero-order chi connectivity index (χ0) is 21.0. The summed E-state index contributed by atoms with van der Waals surface area (Å²) in [5.41, 5.74) is -0.522. The molecule has 4 rings (SSSR count). The molecule has 2 heterocycles. The van der Waals surface area contributed by atoms with E-state index in [-0.39, 0.29) is 0 Å². The molecule has 0 saturated carbocycles. The minimum Gasteiger partial charge on any atom is -0.492 e. The van der Waals surface area contributed by atoms with Crippen LogP contribution >= 0.6 is 0 Å². The van der Waals surface area contributed by atoms with Gasteiger partial charge in [-0.2, -0.15) is 13.2 Å². The van der Waals surface area contributed by atoms with E-state index < -0.39 is 32.5 Å². The summed E-state index contributed by atoms with van der Waals surface area (Å²) in [4.78, 5) is 1.37. The van der Waals surface area contributed by atoms with Crippen LogP contribution in [-0.2, 0) is 22.7 Å². The number of ether oxygens (including phenoxy) is 1. The second-order valence-electron chi connectivity index (χ2n) is 6.82. The van der Waals surface area contributed by atoms with Gasteiger partial charge in [0.25, 0.3) is 10.0 Å². The molecule has 1 aliphatic rings. The molecular formula is C19H16F4N2O3S. The van der Waals surface area contributed by atoms with Crippen LogP contribution in [0.3, 0.4) is 0 Å². The number of halogens is 4. The molecule has 1 aliphatic heterocycles. The van der Waals surface area contributed by atoms with Crippen molar-refractivity contribution in [3.63, 3.8) is 0 Å². The van der Waals surface area contributed by atoms with Crippen LogP contribution in [0.2, 0.25) is 0 Å². The van der Waals surface area contributed by atoms with E-state index in [2.05, 4.69) is 0 Å². The monoisotopic (exact) mass is 428 g/mol. The van der Waals surface area contributed by atoms with E-state index >= 15 is 0 Å². The van der Waals surface area contributed by atoms with Crippen LogP contribution in [0.15, 0.2) is 47.5 Å². The van der Waals surface area contributed by atoms with Crippen molar-refractivity contribution in [2.45, 2.75) is 17.6 Å². The van der Waals surface area contributed by atoms with E-state index in [1.165, 1.54) is 6.20 Å². The van der Waals surface area contributed by atoms with E-state index in [0.29, 0.717) is 48.5 Å². The van der Waals surface area contributed by atoms with Crippen molar-refractivity contribution in [3.8, 4) is 5.75 Å². The minimum absolute atomic E-state index is 0.306. The highest BCUT2D eigenvalue weighted by atomic mass is 32.2. The number of hydrogen-bond donors (Lipinski definition) is 0. The Morgan fingerprint density at radius 2 is 1.86 bits per heavy atom. The molecule has 0 amide bonds. The molecule has 29 heavy (non-hydrogen) atoms. The molecule has 0 N–H and O–H groups in total. The molecule has 0 atom stereocenters. The van der Waals surface area contributed by atoms with Gasteiger partial charge in [0, 0.05) is 30.2 Å². The average Bonchev–Trinajstić information content (AvgIpc) is 2.98. The Morgan fingerprint density at radius 3 is 2.59 bits per heavy atom. The van der Waals surface area contributed by atoms with Crippen LogP contribution in [0.25, 0.3) is 10.9 Å². The summed E-state index contributed by atoms with van der Waals surface area (Å²) < 4.78 is 85.3. The summed E-state index contributed by atoms with van der Waals surface area (Å²) in [5.74, 6) is -0.891. The Morgan fingerprint density at radius 1 is 1.10 bits per heavy atom. The Balaban J connectivity index is 1.87. The fourth-order valence-corrected chi connectivity index (χ4v) is 4.77. The maximum absolute atomic E-state index is 13.6. The van der Waals surface area contributed by atoms with Crippen LogP contribution in [0.5, 0.6) is 5.75 Å². The highest BCUT2D eigenvalue weighted by Crippen LogP contribution is 2.35. The van der Waals surface area contributed by atoms with Crippen molar-refractivity contribution < 1.29 is 30.7 Å². The lowest BCUT2D eigenvalue weighted by Crippen LogP contribution is -2.20.